The average Bonchev–Trinajstić information content (AvgIpc) is 2.78. The van der Waals surface area contributed by atoms with Crippen molar-refractivity contribution in [3.8, 4) is 0 Å². The van der Waals surface area contributed by atoms with E-state index in [4.69, 9.17) is 4.74 Å². The molecule has 1 saturated heterocycles. The highest BCUT2D eigenvalue weighted by molar-refractivity contribution is 6.16. The Morgan fingerprint density at radius 2 is 1.92 bits per heavy atom. The molecule has 8 heteroatoms. The SMILES string of the molecule is C=C(C(=O)OC)C(C)OCC.C=CC(=O)OC1C(=C)C(=O)N(C)C1=O. The zero-order valence-electron chi connectivity index (χ0n) is 14.9. The summed E-state index contributed by atoms with van der Waals surface area (Å²) in [5, 5.41) is 0. The van der Waals surface area contributed by atoms with Crippen molar-refractivity contribution in [2.75, 3.05) is 20.8 Å². The Kier molecular flexibility index (Phi) is 9.08. The molecule has 8 nitrogen and oxygen atoms in total. The van der Waals surface area contributed by atoms with Crippen LogP contribution in [0.3, 0.4) is 0 Å². The summed E-state index contributed by atoms with van der Waals surface area (Å²) >= 11 is 0. The van der Waals surface area contributed by atoms with Gasteiger partial charge in [-0.3, -0.25) is 14.5 Å². The van der Waals surface area contributed by atoms with Crippen LogP contribution in [0.15, 0.2) is 37.0 Å². The second kappa shape index (κ2) is 10.2. The molecule has 138 valence electrons. The zero-order valence-corrected chi connectivity index (χ0v) is 14.9. The fourth-order valence-electron chi connectivity index (χ4n) is 1.69. The number of amides is 2. The number of hydrogen-bond acceptors (Lipinski definition) is 7. The maximum Gasteiger partial charge on any atom is 0.335 e. The molecule has 1 rings (SSSR count). The van der Waals surface area contributed by atoms with Gasteiger partial charge in [-0.15, -0.1) is 0 Å². The van der Waals surface area contributed by atoms with Gasteiger partial charge in [0.25, 0.3) is 11.8 Å². The highest BCUT2D eigenvalue weighted by atomic mass is 16.5. The lowest BCUT2D eigenvalue weighted by molar-refractivity contribution is -0.151. The first-order chi connectivity index (χ1) is 11.6. The zero-order chi connectivity index (χ0) is 19.7. The van der Waals surface area contributed by atoms with Gasteiger partial charge in [-0.25, -0.2) is 9.59 Å². The van der Waals surface area contributed by atoms with E-state index in [-0.39, 0.29) is 11.7 Å². The number of carbonyl (C=O) groups is 4. The van der Waals surface area contributed by atoms with Gasteiger partial charge in [0.05, 0.1) is 24.4 Å². The lowest BCUT2D eigenvalue weighted by Gasteiger charge is -2.11. The molecule has 0 aromatic carbocycles. The number of esters is 2. The fourth-order valence-corrected chi connectivity index (χ4v) is 1.69. The largest absolute Gasteiger partial charge is 0.466 e. The minimum atomic E-state index is -1.20. The topological polar surface area (TPSA) is 99.2 Å². The van der Waals surface area contributed by atoms with E-state index >= 15 is 0 Å². The lowest BCUT2D eigenvalue weighted by atomic mass is 10.2. The van der Waals surface area contributed by atoms with E-state index in [9.17, 15) is 19.2 Å². The summed E-state index contributed by atoms with van der Waals surface area (Å²) in [6, 6.07) is 0. The van der Waals surface area contributed by atoms with E-state index in [0.717, 1.165) is 11.0 Å². The maximum absolute atomic E-state index is 11.3. The molecule has 2 unspecified atom stereocenters. The van der Waals surface area contributed by atoms with Gasteiger partial charge in [0.1, 0.15) is 0 Å². The van der Waals surface area contributed by atoms with E-state index in [1.165, 1.54) is 14.2 Å². The minimum absolute atomic E-state index is 0.0345. The number of likely N-dealkylation sites (tertiary alicyclic amines) is 1. The van der Waals surface area contributed by atoms with E-state index in [1.54, 1.807) is 6.92 Å². The van der Waals surface area contributed by atoms with Crippen LogP contribution in [0.2, 0.25) is 0 Å². The van der Waals surface area contributed by atoms with Crippen LogP contribution in [0.1, 0.15) is 13.8 Å². The monoisotopic (exact) mass is 353 g/mol. The molecule has 0 N–H and O–H groups in total. The summed E-state index contributed by atoms with van der Waals surface area (Å²) in [6.45, 7) is 14.3. The molecule has 1 aliphatic rings. The van der Waals surface area contributed by atoms with Gasteiger partial charge in [0.15, 0.2) is 0 Å². The van der Waals surface area contributed by atoms with E-state index in [1.807, 2.05) is 6.92 Å². The van der Waals surface area contributed by atoms with Crippen LogP contribution in [-0.2, 0) is 33.4 Å². The summed E-state index contributed by atoms with van der Waals surface area (Å²) in [7, 11) is 2.63. The molecule has 0 bridgehead atoms. The van der Waals surface area contributed by atoms with Crippen molar-refractivity contribution in [3.05, 3.63) is 37.0 Å². The van der Waals surface area contributed by atoms with Gasteiger partial charge in [-0.2, -0.15) is 0 Å². The van der Waals surface area contributed by atoms with Crippen molar-refractivity contribution in [3.63, 3.8) is 0 Å². The molecule has 1 aliphatic heterocycles. The Morgan fingerprint density at radius 3 is 2.28 bits per heavy atom. The van der Waals surface area contributed by atoms with Gasteiger partial charge in [-0.05, 0) is 13.8 Å². The molecule has 0 radical (unpaired) electrons. The Labute approximate surface area is 146 Å². The quantitative estimate of drug-likeness (QED) is 0.395. The minimum Gasteiger partial charge on any atom is -0.466 e. The number of ether oxygens (including phenoxy) is 3. The van der Waals surface area contributed by atoms with Crippen molar-refractivity contribution in [2.45, 2.75) is 26.1 Å². The number of methoxy groups -OCH3 is 1. The van der Waals surface area contributed by atoms with Gasteiger partial charge >= 0.3 is 11.9 Å². The molecule has 1 heterocycles. The molecule has 0 aliphatic carbocycles. The van der Waals surface area contributed by atoms with Crippen LogP contribution < -0.4 is 0 Å². The van der Waals surface area contributed by atoms with Crippen LogP contribution in [-0.4, -0.2) is 61.6 Å². The van der Waals surface area contributed by atoms with Crippen LogP contribution in [0.5, 0.6) is 0 Å². The molecule has 25 heavy (non-hydrogen) atoms. The Hall–Kier alpha value is -2.74. The summed E-state index contributed by atoms with van der Waals surface area (Å²) in [5.74, 6) is -2.29. The third kappa shape index (κ3) is 6.00. The number of carbonyl (C=O) groups excluding carboxylic acids is 4. The second-order valence-electron chi connectivity index (χ2n) is 4.86. The predicted molar refractivity (Wildman–Crippen MR) is 89.2 cm³/mol. The second-order valence-corrected chi connectivity index (χ2v) is 4.86. The summed E-state index contributed by atoms with van der Waals surface area (Å²) in [5.41, 5.74) is 0.321. The fraction of sp³-hybridized carbons (Fsp3) is 0.412. The molecule has 1 fully saturated rings. The third-order valence-corrected chi connectivity index (χ3v) is 3.21. The molecule has 0 aromatic rings. The van der Waals surface area contributed by atoms with Crippen molar-refractivity contribution < 1.29 is 33.4 Å². The first-order valence-electron chi connectivity index (χ1n) is 7.34. The Bertz CT molecular complexity index is 594. The van der Waals surface area contributed by atoms with Crippen LogP contribution in [0, 0.1) is 0 Å². The number of hydrogen-bond donors (Lipinski definition) is 0. The average molecular weight is 353 g/mol. The van der Waals surface area contributed by atoms with Crippen molar-refractivity contribution in [2.24, 2.45) is 0 Å². The summed E-state index contributed by atoms with van der Waals surface area (Å²) < 4.78 is 14.2. The molecular weight excluding hydrogens is 330 g/mol. The lowest BCUT2D eigenvalue weighted by Crippen LogP contribution is -2.30. The van der Waals surface area contributed by atoms with Crippen LogP contribution in [0.4, 0.5) is 0 Å². The normalized spacial score (nSPS) is 17.4. The van der Waals surface area contributed by atoms with Crippen molar-refractivity contribution in [1.29, 1.82) is 0 Å². The predicted octanol–water partition coefficient (Wildman–Crippen LogP) is 0.780. The standard InChI is InChI=1S/C9H9NO4.C8H14O3/c1-4-6(11)14-7-5(2)8(12)10(3)9(7)13;1-5-11-7(3)6(2)8(9)10-4/h4,7H,1-2H2,3H3;7H,2,5H2,1,3-4H3. The number of rotatable bonds is 6. The first-order valence-corrected chi connectivity index (χ1v) is 7.34. The smallest absolute Gasteiger partial charge is 0.335 e. The van der Waals surface area contributed by atoms with Gasteiger partial charge < -0.3 is 14.2 Å². The van der Waals surface area contributed by atoms with Crippen molar-refractivity contribution in [1.82, 2.24) is 4.90 Å². The third-order valence-electron chi connectivity index (χ3n) is 3.21. The molecule has 2 amide bonds. The van der Waals surface area contributed by atoms with E-state index in [2.05, 4.69) is 29.2 Å². The maximum atomic E-state index is 11.3. The molecule has 0 saturated carbocycles. The Balaban J connectivity index is 0.000000477. The highest BCUT2D eigenvalue weighted by Gasteiger charge is 2.42. The highest BCUT2D eigenvalue weighted by Crippen LogP contribution is 2.19. The summed E-state index contributed by atoms with van der Waals surface area (Å²) in [4.78, 5) is 45.0. The number of likely N-dealkylation sites (N-methyl/N-ethyl adjacent to an activating group) is 1. The molecule has 2 atom stereocenters. The van der Waals surface area contributed by atoms with Crippen LogP contribution >= 0.6 is 0 Å². The van der Waals surface area contributed by atoms with Crippen LogP contribution in [0.25, 0.3) is 0 Å². The van der Waals surface area contributed by atoms with Crippen molar-refractivity contribution >= 4 is 23.8 Å². The number of imide groups is 1. The van der Waals surface area contributed by atoms with E-state index in [0.29, 0.717) is 12.2 Å². The van der Waals surface area contributed by atoms with Gasteiger partial charge in [0.2, 0.25) is 6.10 Å². The van der Waals surface area contributed by atoms with E-state index < -0.39 is 29.9 Å². The summed E-state index contributed by atoms with van der Waals surface area (Å²) in [6.07, 6.45) is -0.533. The molecular formula is C17H23NO7. The Morgan fingerprint density at radius 1 is 1.36 bits per heavy atom. The first kappa shape index (κ1) is 22.3. The molecule has 0 spiro atoms. The molecule has 0 aromatic heterocycles. The number of nitrogens with zero attached hydrogens (tertiary/aromatic N) is 1. The van der Waals surface area contributed by atoms with Gasteiger partial charge in [0, 0.05) is 19.7 Å². The van der Waals surface area contributed by atoms with Gasteiger partial charge in [-0.1, -0.05) is 19.7 Å².